The number of fused-ring (bicyclic) bond motifs is 5. The molecule has 0 heterocycles. The average Bonchev–Trinajstić information content (AvgIpc) is 2.83. The van der Waals surface area contributed by atoms with Gasteiger partial charge in [-0.05, 0) is 105 Å². The van der Waals surface area contributed by atoms with Gasteiger partial charge >= 0.3 is 0 Å². The third-order valence-corrected chi connectivity index (χ3v) is 6.22. The van der Waals surface area contributed by atoms with Gasteiger partial charge in [0.15, 0.2) is 0 Å². The van der Waals surface area contributed by atoms with Crippen molar-refractivity contribution in [3.63, 3.8) is 0 Å². The van der Waals surface area contributed by atoms with E-state index in [9.17, 15) is 15.3 Å². The fraction of sp³-hybridized carbons (Fsp3) is 0.379. The summed E-state index contributed by atoms with van der Waals surface area (Å²) in [4.78, 5) is 0. The van der Waals surface area contributed by atoms with Gasteiger partial charge < -0.3 is 25.5 Å². The number of hydrogen-bond acceptors (Lipinski definition) is 5. The molecule has 5 nitrogen and oxygen atoms in total. The molecule has 2 atom stereocenters. The first-order valence-electron chi connectivity index (χ1n) is 12.1. The van der Waals surface area contributed by atoms with Crippen molar-refractivity contribution in [2.24, 2.45) is 0 Å². The highest BCUT2D eigenvalue weighted by atomic mass is 16.3. The number of phenolic OH excluding ortho intramolecular Hbond substituents is 3. The van der Waals surface area contributed by atoms with Crippen LogP contribution in [0.2, 0.25) is 0 Å². The molecule has 4 rings (SSSR count). The maximum atomic E-state index is 10.2. The summed E-state index contributed by atoms with van der Waals surface area (Å²) in [5.74, 6) is 0.647. The van der Waals surface area contributed by atoms with Gasteiger partial charge in [0.2, 0.25) is 0 Å². The van der Waals surface area contributed by atoms with E-state index in [0.29, 0.717) is 11.1 Å². The molecular weight excluding hydrogens is 428 g/mol. The molecule has 1 aliphatic carbocycles. The lowest BCUT2D eigenvalue weighted by atomic mass is 9.96. The number of benzene rings is 3. The van der Waals surface area contributed by atoms with Gasteiger partial charge in [-0.15, -0.1) is 0 Å². The lowest BCUT2D eigenvalue weighted by Crippen LogP contribution is -2.08. The Balaban J connectivity index is 0.000000229. The van der Waals surface area contributed by atoms with Gasteiger partial charge in [0.05, 0.1) is 12.2 Å². The highest BCUT2D eigenvalue weighted by molar-refractivity contribution is 5.76. The second-order valence-electron chi connectivity index (χ2n) is 9.20. The maximum absolute atomic E-state index is 10.2. The van der Waals surface area contributed by atoms with Crippen LogP contribution in [0.1, 0.15) is 55.7 Å². The molecule has 0 spiro atoms. The van der Waals surface area contributed by atoms with Gasteiger partial charge in [0.25, 0.3) is 0 Å². The Morgan fingerprint density at radius 2 is 1.35 bits per heavy atom. The van der Waals surface area contributed by atoms with Crippen molar-refractivity contribution >= 4 is 0 Å². The number of hydrogen-bond donors (Lipinski definition) is 5. The first-order valence-corrected chi connectivity index (χ1v) is 12.1. The van der Waals surface area contributed by atoms with E-state index >= 15 is 0 Å². The van der Waals surface area contributed by atoms with Gasteiger partial charge in [-0.3, -0.25) is 0 Å². The summed E-state index contributed by atoms with van der Waals surface area (Å²) in [6, 6.07) is 18.1. The number of aliphatic hydroxyl groups is 2. The summed E-state index contributed by atoms with van der Waals surface area (Å²) < 4.78 is 0. The van der Waals surface area contributed by atoms with Crippen molar-refractivity contribution in [1.82, 2.24) is 0 Å². The fourth-order valence-corrected chi connectivity index (χ4v) is 4.13. The van der Waals surface area contributed by atoms with Gasteiger partial charge in [0, 0.05) is 11.1 Å². The van der Waals surface area contributed by atoms with E-state index in [1.165, 1.54) is 0 Å². The lowest BCUT2D eigenvalue weighted by molar-refractivity contribution is 0.151. The van der Waals surface area contributed by atoms with Gasteiger partial charge in [0.1, 0.15) is 17.2 Å². The van der Waals surface area contributed by atoms with Crippen molar-refractivity contribution in [1.29, 1.82) is 0 Å². The molecule has 0 aromatic heterocycles. The second-order valence-corrected chi connectivity index (χ2v) is 9.20. The van der Waals surface area contributed by atoms with Crippen LogP contribution < -0.4 is 0 Å². The molecule has 0 radical (unpaired) electrons. The fourth-order valence-electron chi connectivity index (χ4n) is 4.13. The smallest absolute Gasteiger partial charge is 0.123 e. The first-order chi connectivity index (χ1) is 16.3. The van der Waals surface area contributed by atoms with E-state index in [-0.39, 0.29) is 29.5 Å². The molecule has 0 saturated heterocycles. The van der Waals surface area contributed by atoms with Crippen LogP contribution in [0.25, 0.3) is 11.1 Å². The third kappa shape index (κ3) is 7.79. The summed E-state index contributed by atoms with van der Waals surface area (Å²) in [7, 11) is 0. The number of aromatic hydroxyl groups is 3. The van der Waals surface area contributed by atoms with Crippen LogP contribution in [0.3, 0.4) is 0 Å². The van der Waals surface area contributed by atoms with Crippen LogP contribution in [0.15, 0.2) is 60.7 Å². The summed E-state index contributed by atoms with van der Waals surface area (Å²) >= 11 is 0. The quantitative estimate of drug-likeness (QED) is 0.353. The first kappa shape index (κ1) is 25.6. The summed E-state index contributed by atoms with van der Waals surface area (Å²) in [6.45, 7) is 1.78. The molecule has 182 valence electrons. The predicted octanol–water partition coefficient (Wildman–Crippen LogP) is 5.49. The SMILES string of the molecule is C[C@H](O)CCc1ccc(O)cc1.Oc1ccc2cc1-c1cc(ccc1O)CCC(O)CCCC2. The average molecular weight is 465 g/mol. The normalized spacial score (nSPS) is 16.7. The van der Waals surface area contributed by atoms with E-state index in [2.05, 4.69) is 0 Å². The minimum atomic E-state index is -0.269. The maximum Gasteiger partial charge on any atom is 0.123 e. The Labute approximate surface area is 202 Å². The summed E-state index contributed by atoms with van der Waals surface area (Å²) in [5.41, 5.74) is 4.69. The van der Waals surface area contributed by atoms with Crippen molar-refractivity contribution < 1.29 is 25.5 Å². The molecule has 5 N–H and O–H groups in total. The molecular formula is C29H36O5. The molecule has 0 fully saturated rings. The summed E-state index contributed by atoms with van der Waals surface area (Å²) in [6.07, 6.45) is 6.38. The van der Waals surface area contributed by atoms with E-state index in [4.69, 9.17) is 10.2 Å². The predicted molar refractivity (Wildman–Crippen MR) is 135 cm³/mol. The van der Waals surface area contributed by atoms with Crippen LogP contribution in [0.4, 0.5) is 0 Å². The highest BCUT2D eigenvalue weighted by Gasteiger charge is 2.13. The molecule has 0 amide bonds. The Hall–Kier alpha value is -3.02. The Kier molecular flexibility index (Phi) is 9.37. The zero-order valence-corrected chi connectivity index (χ0v) is 19.8. The minimum absolute atomic E-state index is 0.173. The van der Waals surface area contributed by atoms with Crippen molar-refractivity contribution in [2.45, 2.75) is 70.5 Å². The van der Waals surface area contributed by atoms with E-state index in [0.717, 1.165) is 68.1 Å². The van der Waals surface area contributed by atoms with Crippen LogP contribution in [-0.4, -0.2) is 37.7 Å². The van der Waals surface area contributed by atoms with Gasteiger partial charge in [-0.25, -0.2) is 0 Å². The molecule has 1 unspecified atom stereocenters. The van der Waals surface area contributed by atoms with Crippen molar-refractivity contribution in [3.8, 4) is 28.4 Å². The van der Waals surface area contributed by atoms with Crippen LogP contribution in [0.5, 0.6) is 17.2 Å². The zero-order chi connectivity index (χ0) is 24.5. The molecule has 4 bridgehead atoms. The highest BCUT2D eigenvalue weighted by Crippen LogP contribution is 2.37. The molecule has 34 heavy (non-hydrogen) atoms. The topological polar surface area (TPSA) is 101 Å². The number of aryl methyl sites for hydroxylation is 3. The minimum Gasteiger partial charge on any atom is -0.508 e. The number of rotatable bonds is 3. The zero-order valence-electron chi connectivity index (χ0n) is 19.8. The molecule has 0 saturated carbocycles. The Morgan fingerprint density at radius 1 is 0.765 bits per heavy atom. The number of phenols is 3. The largest absolute Gasteiger partial charge is 0.508 e. The molecule has 3 aromatic carbocycles. The molecule has 5 heteroatoms. The number of aliphatic hydroxyl groups excluding tert-OH is 2. The lowest BCUT2D eigenvalue weighted by Gasteiger charge is -2.12. The summed E-state index contributed by atoms with van der Waals surface area (Å²) in [5, 5.41) is 48.4. The molecule has 0 aliphatic heterocycles. The monoisotopic (exact) mass is 464 g/mol. The standard InChI is InChI=1S/C19H22O3.C10H14O2/c20-15-4-2-1-3-13-6-9-18(21)16(11-13)17-12-14(5-8-15)7-10-19(17)22;1-8(11)2-3-9-4-6-10(12)7-5-9/h6-7,9-12,15,20-22H,1-5,8H2;4-8,11-12H,2-3H2,1H3/t;8-/m.0/s1. The Morgan fingerprint density at radius 3 is 1.94 bits per heavy atom. The van der Waals surface area contributed by atoms with E-state index in [1.807, 2.05) is 36.4 Å². The van der Waals surface area contributed by atoms with E-state index < -0.39 is 0 Å². The van der Waals surface area contributed by atoms with E-state index in [1.54, 1.807) is 31.2 Å². The van der Waals surface area contributed by atoms with Crippen LogP contribution in [0, 0.1) is 0 Å². The van der Waals surface area contributed by atoms with Crippen molar-refractivity contribution in [3.05, 3.63) is 77.4 Å². The van der Waals surface area contributed by atoms with Gasteiger partial charge in [-0.2, -0.15) is 0 Å². The van der Waals surface area contributed by atoms with Crippen LogP contribution >= 0.6 is 0 Å². The molecule has 1 aliphatic rings. The van der Waals surface area contributed by atoms with Crippen LogP contribution in [-0.2, 0) is 19.3 Å². The van der Waals surface area contributed by atoms with Gasteiger partial charge in [-0.1, -0.05) is 30.7 Å². The van der Waals surface area contributed by atoms with Crippen molar-refractivity contribution in [2.75, 3.05) is 0 Å². The third-order valence-electron chi connectivity index (χ3n) is 6.22. The Bertz CT molecular complexity index is 1040. The second kappa shape index (κ2) is 12.4. The molecule has 3 aromatic rings.